The lowest BCUT2D eigenvalue weighted by Gasteiger charge is -2.10. The van der Waals surface area contributed by atoms with Crippen molar-refractivity contribution in [2.45, 2.75) is 12.8 Å². The van der Waals surface area contributed by atoms with Crippen molar-refractivity contribution in [3.05, 3.63) is 36.2 Å². The van der Waals surface area contributed by atoms with Gasteiger partial charge in [-0.2, -0.15) is 0 Å². The molecule has 5 nitrogen and oxygen atoms in total. The number of aromatic nitrogens is 4. The van der Waals surface area contributed by atoms with E-state index < -0.39 is 5.92 Å². The van der Waals surface area contributed by atoms with Crippen molar-refractivity contribution >= 4 is 17.0 Å². The zero-order valence-electron chi connectivity index (χ0n) is 10.6. The van der Waals surface area contributed by atoms with Gasteiger partial charge in [-0.25, -0.2) is 23.7 Å². The van der Waals surface area contributed by atoms with Crippen LogP contribution in [-0.4, -0.2) is 19.9 Å². The molecule has 0 bridgehead atoms. The fraction of sp³-hybridized carbons (Fsp3) is 0.154. The van der Waals surface area contributed by atoms with Crippen molar-refractivity contribution in [2.75, 3.05) is 5.73 Å². The Morgan fingerprint density at radius 2 is 2.05 bits per heavy atom. The van der Waals surface area contributed by atoms with Crippen LogP contribution in [0.15, 0.2) is 30.6 Å². The molecule has 0 fully saturated rings. The number of alkyl halides is 2. The van der Waals surface area contributed by atoms with E-state index in [1.54, 1.807) is 12.1 Å². The minimum absolute atomic E-state index is 0.0745. The number of nitrogens with two attached hydrogens (primary N) is 1. The van der Waals surface area contributed by atoms with Crippen molar-refractivity contribution in [3.8, 4) is 11.4 Å². The molecule has 0 saturated heterocycles. The molecule has 0 saturated carbocycles. The van der Waals surface area contributed by atoms with Crippen molar-refractivity contribution in [3.63, 3.8) is 0 Å². The molecule has 0 aliphatic carbocycles. The number of hydrogen-bond acceptors (Lipinski definition) is 4. The lowest BCUT2D eigenvalue weighted by molar-refractivity contribution is 0.0175. The molecule has 20 heavy (non-hydrogen) atoms. The summed E-state index contributed by atoms with van der Waals surface area (Å²) in [5, 5.41) is 0. The molecule has 0 radical (unpaired) electrons. The van der Waals surface area contributed by atoms with E-state index in [1.165, 1.54) is 18.5 Å². The van der Waals surface area contributed by atoms with Gasteiger partial charge in [-0.05, 0) is 6.07 Å². The van der Waals surface area contributed by atoms with E-state index in [0.717, 1.165) is 6.92 Å². The molecule has 2 heterocycles. The van der Waals surface area contributed by atoms with Gasteiger partial charge >= 0.3 is 0 Å². The topological polar surface area (TPSA) is 80.5 Å². The smallest absolute Gasteiger partial charge is 0.270 e. The van der Waals surface area contributed by atoms with Crippen LogP contribution < -0.4 is 5.73 Å². The van der Waals surface area contributed by atoms with E-state index >= 15 is 0 Å². The number of hydrogen-bond donors (Lipinski definition) is 2. The molecule has 3 N–H and O–H groups in total. The van der Waals surface area contributed by atoms with Crippen LogP contribution in [-0.2, 0) is 5.92 Å². The third-order valence-corrected chi connectivity index (χ3v) is 2.96. The molecular formula is C13H11F2N5. The molecule has 2 aromatic heterocycles. The Morgan fingerprint density at radius 3 is 2.75 bits per heavy atom. The number of H-pyrrole nitrogens is 1. The quantitative estimate of drug-likeness (QED) is 0.753. The third kappa shape index (κ3) is 2.07. The van der Waals surface area contributed by atoms with Gasteiger partial charge in [-0.1, -0.05) is 18.2 Å². The number of rotatable bonds is 2. The van der Waals surface area contributed by atoms with Gasteiger partial charge in [0.1, 0.15) is 17.7 Å². The number of halogens is 2. The van der Waals surface area contributed by atoms with E-state index in [1.807, 2.05) is 0 Å². The first-order valence-electron chi connectivity index (χ1n) is 5.90. The summed E-state index contributed by atoms with van der Waals surface area (Å²) in [4.78, 5) is 15.0. The molecule has 0 aliphatic heterocycles. The number of aromatic amines is 1. The molecule has 0 spiro atoms. The molecule has 0 aliphatic rings. The third-order valence-electron chi connectivity index (χ3n) is 2.96. The maximum Gasteiger partial charge on any atom is 0.270 e. The summed E-state index contributed by atoms with van der Waals surface area (Å²) in [7, 11) is 0. The Kier molecular flexibility index (Phi) is 2.63. The second-order valence-corrected chi connectivity index (χ2v) is 4.51. The minimum atomic E-state index is -2.90. The van der Waals surface area contributed by atoms with E-state index in [0.29, 0.717) is 22.6 Å². The summed E-state index contributed by atoms with van der Waals surface area (Å²) in [5.74, 6) is -2.20. The number of anilines is 1. The molecule has 3 aromatic rings. The predicted molar refractivity (Wildman–Crippen MR) is 71.1 cm³/mol. The number of benzene rings is 1. The van der Waals surface area contributed by atoms with Gasteiger partial charge in [0.15, 0.2) is 11.5 Å². The summed E-state index contributed by atoms with van der Waals surface area (Å²) in [6.07, 6.45) is 1.30. The highest BCUT2D eigenvalue weighted by atomic mass is 19.3. The van der Waals surface area contributed by atoms with Crippen molar-refractivity contribution in [1.82, 2.24) is 19.9 Å². The Bertz CT molecular complexity index is 776. The monoisotopic (exact) mass is 275 g/mol. The summed E-state index contributed by atoms with van der Waals surface area (Å²) >= 11 is 0. The first kappa shape index (κ1) is 12.5. The average Bonchev–Trinajstić information content (AvgIpc) is 2.83. The molecule has 102 valence electrons. The van der Waals surface area contributed by atoms with Crippen LogP contribution in [0.2, 0.25) is 0 Å². The van der Waals surface area contributed by atoms with Crippen LogP contribution in [0.25, 0.3) is 22.6 Å². The molecule has 3 rings (SSSR count). The van der Waals surface area contributed by atoms with Gasteiger partial charge in [-0.3, -0.25) is 0 Å². The second kappa shape index (κ2) is 4.22. The van der Waals surface area contributed by atoms with Crippen LogP contribution in [0.4, 0.5) is 14.6 Å². The summed E-state index contributed by atoms with van der Waals surface area (Å²) in [6.45, 7) is 0.855. The highest BCUT2D eigenvalue weighted by Gasteiger charge is 2.24. The Balaban J connectivity index is 2.14. The predicted octanol–water partition coefficient (Wildman–Crippen LogP) is 2.71. The normalized spacial score (nSPS) is 11.9. The number of nitrogen functional groups attached to an aromatic ring is 1. The van der Waals surface area contributed by atoms with Crippen LogP contribution in [0.3, 0.4) is 0 Å². The highest BCUT2D eigenvalue weighted by Crippen LogP contribution is 2.30. The Hall–Kier alpha value is -2.57. The first-order valence-corrected chi connectivity index (χ1v) is 5.90. The van der Waals surface area contributed by atoms with Gasteiger partial charge in [-0.15, -0.1) is 0 Å². The maximum atomic E-state index is 13.3. The van der Waals surface area contributed by atoms with E-state index in [4.69, 9.17) is 5.73 Å². The van der Waals surface area contributed by atoms with Crippen molar-refractivity contribution in [1.29, 1.82) is 0 Å². The molecule has 0 atom stereocenters. The number of imidazole rings is 1. The van der Waals surface area contributed by atoms with Gasteiger partial charge in [0.05, 0.1) is 0 Å². The molecule has 0 amide bonds. The minimum Gasteiger partial charge on any atom is -0.382 e. The summed E-state index contributed by atoms with van der Waals surface area (Å²) in [6, 6.07) is 6.02. The van der Waals surface area contributed by atoms with Crippen molar-refractivity contribution in [2.24, 2.45) is 0 Å². The lowest BCUT2D eigenvalue weighted by Crippen LogP contribution is -2.06. The molecule has 1 aromatic carbocycles. The van der Waals surface area contributed by atoms with Crippen LogP contribution in [0, 0.1) is 0 Å². The largest absolute Gasteiger partial charge is 0.382 e. The van der Waals surface area contributed by atoms with E-state index in [2.05, 4.69) is 19.9 Å². The van der Waals surface area contributed by atoms with Gasteiger partial charge < -0.3 is 10.7 Å². The van der Waals surface area contributed by atoms with Crippen LogP contribution >= 0.6 is 0 Å². The molecule has 0 unspecified atom stereocenters. The zero-order chi connectivity index (χ0) is 14.3. The summed E-state index contributed by atoms with van der Waals surface area (Å²) in [5.41, 5.74) is 7.07. The standard InChI is InChI=1S/C13H11F2N5/c1-13(14,15)8-4-2-3-7(5-8)11-19-9-10(16)17-6-18-12(9)20-11/h2-6H,1H3,(H3,16,17,18,19,20). The molecular weight excluding hydrogens is 264 g/mol. The second-order valence-electron chi connectivity index (χ2n) is 4.51. The number of fused-ring (bicyclic) bond motifs is 1. The number of nitrogens with one attached hydrogen (secondary N) is 1. The van der Waals surface area contributed by atoms with Crippen molar-refractivity contribution < 1.29 is 8.78 Å². The summed E-state index contributed by atoms with van der Waals surface area (Å²) < 4.78 is 26.7. The first-order chi connectivity index (χ1) is 9.45. The average molecular weight is 275 g/mol. The Labute approximate surface area is 112 Å². The SMILES string of the molecule is CC(F)(F)c1cccc(-c2nc3ncnc(N)c3[nH]2)c1. The fourth-order valence-electron chi connectivity index (χ4n) is 1.92. The fourth-order valence-corrected chi connectivity index (χ4v) is 1.92. The van der Waals surface area contributed by atoms with E-state index in [9.17, 15) is 8.78 Å². The van der Waals surface area contributed by atoms with E-state index in [-0.39, 0.29) is 11.4 Å². The zero-order valence-corrected chi connectivity index (χ0v) is 10.6. The molecule has 7 heteroatoms. The van der Waals surface area contributed by atoms with Crippen LogP contribution in [0.5, 0.6) is 0 Å². The highest BCUT2D eigenvalue weighted by molar-refractivity contribution is 5.84. The van der Waals surface area contributed by atoms with Gasteiger partial charge in [0.2, 0.25) is 0 Å². The number of nitrogens with zero attached hydrogens (tertiary/aromatic N) is 3. The Morgan fingerprint density at radius 1 is 1.25 bits per heavy atom. The lowest BCUT2D eigenvalue weighted by atomic mass is 10.1. The van der Waals surface area contributed by atoms with Gasteiger partial charge in [0, 0.05) is 18.1 Å². The maximum absolute atomic E-state index is 13.3. The van der Waals surface area contributed by atoms with Crippen LogP contribution in [0.1, 0.15) is 12.5 Å². The van der Waals surface area contributed by atoms with Gasteiger partial charge in [0.25, 0.3) is 5.92 Å².